The van der Waals surface area contributed by atoms with Gasteiger partial charge in [-0.1, -0.05) is 0 Å². The number of amides is 1. The zero-order chi connectivity index (χ0) is 7.68. The molecule has 4 heteroatoms. The average molecular weight is 151 g/mol. The van der Waals surface area contributed by atoms with Gasteiger partial charge in [-0.05, 0) is 0 Å². The molecule has 1 aromatic heterocycles. The molecular weight excluding hydrogens is 142 g/mol. The summed E-state index contributed by atoms with van der Waals surface area (Å²) in [7, 11) is 0. The molecule has 2 heterocycles. The van der Waals surface area contributed by atoms with Crippen molar-refractivity contribution in [1.82, 2.24) is 15.1 Å². The third-order valence-corrected chi connectivity index (χ3v) is 1.98. The number of rotatable bonds is 1. The molecule has 0 aromatic carbocycles. The highest BCUT2D eigenvalue weighted by Gasteiger charge is 2.15. The average Bonchev–Trinajstić information content (AvgIpc) is 2.50. The summed E-state index contributed by atoms with van der Waals surface area (Å²) >= 11 is 0. The van der Waals surface area contributed by atoms with E-state index in [4.69, 9.17) is 0 Å². The predicted molar refractivity (Wildman–Crippen MR) is 38.8 cm³/mol. The van der Waals surface area contributed by atoms with Crippen LogP contribution in [-0.2, 0) is 17.8 Å². The fourth-order valence-corrected chi connectivity index (χ4v) is 1.33. The SMILES string of the molecule is O=CN1CCc2[nH]ncc2C1. The van der Waals surface area contributed by atoms with Crippen LogP contribution >= 0.6 is 0 Å². The predicted octanol–water partition coefficient (Wildman–Crippen LogP) is -0.0758. The summed E-state index contributed by atoms with van der Waals surface area (Å²) in [5.74, 6) is 0. The van der Waals surface area contributed by atoms with Crippen LogP contribution in [0.4, 0.5) is 0 Å². The van der Waals surface area contributed by atoms with Gasteiger partial charge in [-0.2, -0.15) is 5.10 Å². The van der Waals surface area contributed by atoms with E-state index in [1.165, 1.54) is 5.69 Å². The van der Waals surface area contributed by atoms with Crippen LogP contribution < -0.4 is 0 Å². The van der Waals surface area contributed by atoms with E-state index in [1.54, 1.807) is 11.1 Å². The third-order valence-electron chi connectivity index (χ3n) is 1.98. The maximum atomic E-state index is 10.4. The number of hydrogen-bond donors (Lipinski definition) is 1. The Bertz CT molecular complexity index is 268. The molecule has 0 spiro atoms. The van der Waals surface area contributed by atoms with Gasteiger partial charge < -0.3 is 4.90 Å². The molecule has 0 saturated carbocycles. The van der Waals surface area contributed by atoms with Gasteiger partial charge in [-0.15, -0.1) is 0 Å². The van der Waals surface area contributed by atoms with Crippen molar-refractivity contribution in [2.45, 2.75) is 13.0 Å². The lowest BCUT2D eigenvalue weighted by Crippen LogP contribution is -2.28. The van der Waals surface area contributed by atoms with Crippen LogP contribution in [0.1, 0.15) is 11.3 Å². The minimum Gasteiger partial charge on any atom is -0.340 e. The van der Waals surface area contributed by atoms with Crippen molar-refractivity contribution in [2.24, 2.45) is 0 Å². The zero-order valence-corrected chi connectivity index (χ0v) is 6.08. The Kier molecular flexibility index (Phi) is 1.38. The number of H-pyrrole nitrogens is 1. The van der Waals surface area contributed by atoms with Crippen molar-refractivity contribution in [3.63, 3.8) is 0 Å². The Balaban J connectivity index is 2.24. The van der Waals surface area contributed by atoms with Gasteiger partial charge in [0.1, 0.15) is 0 Å². The first-order chi connectivity index (χ1) is 5.40. The zero-order valence-electron chi connectivity index (χ0n) is 6.08. The maximum Gasteiger partial charge on any atom is 0.210 e. The number of nitrogens with zero attached hydrogens (tertiary/aromatic N) is 2. The van der Waals surface area contributed by atoms with Gasteiger partial charge in [0.25, 0.3) is 0 Å². The Morgan fingerprint density at radius 2 is 2.64 bits per heavy atom. The van der Waals surface area contributed by atoms with Crippen molar-refractivity contribution in [3.05, 3.63) is 17.5 Å². The van der Waals surface area contributed by atoms with Gasteiger partial charge in [-0.3, -0.25) is 9.89 Å². The highest BCUT2D eigenvalue weighted by atomic mass is 16.1. The quantitative estimate of drug-likeness (QED) is 0.571. The van der Waals surface area contributed by atoms with E-state index in [2.05, 4.69) is 10.2 Å². The van der Waals surface area contributed by atoms with Crippen LogP contribution in [0.25, 0.3) is 0 Å². The summed E-state index contributed by atoms with van der Waals surface area (Å²) in [6, 6.07) is 0. The van der Waals surface area contributed by atoms with Crippen LogP contribution in [0, 0.1) is 0 Å². The van der Waals surface area contributed by atoms with Crippen LogP contribution in [-0.4, -0.2) is 28.1 Å². The van der Waals surface area contributed by atoms with Crippen LogP contribution in [0.5, 0.6) is 0 Å². The number of aromatic nitrogens is 2. The van der Waals surface area contributed by atoms with Crippen LogP contribution in [0.15, 0.2) is 6.20 Å². The van der Waals surface area contributed by atoms with E-state index in [-0.39, 0.29) is 0 Å². The summed E-state index contributed by atoms with van der Waals surface area (Å²) < 4.78 is 0. The Morgan fingerprint density at radius 1 is 1.73 bits per heavy atom. The molecule has 11 heavy (non-hydrogen) atoms. The van der Waals surface area contributed by atoms with Crippen LogP contribution in [0.3, 0.4) is 0 Å². The van der Waals surface area contributed by atoms with Crippen molar-refractivity contribution in [1.29, 1.82) is 0 Å². The molecule has 1 aliphatic rings. The van der Waals surface area contributed by atoms with E-state index in [0.717, 1.165) is 24.9 Å². The van der Waals surface area contributed by atoms with E-state index in [9.17, 15) is 4.79 Å². The molecule has 1 N–H and O–H groups in total. The van der Waals surface area contributed by atoms with E-state index >= 15 is 0 Å². The molecular formula is C7H9N3O. The van der Waals surface area contributed by atoms with Crippen molar-refractivity contribution in [2.75, 3.05) is 6.54 Å². The molecule has 1 aromatic rings. The largest absolute Gasteiger partial charge is 0.340 e. The third kappa shape index (κ3) is 1.00. The summed E-state index contributed by atoms with van der Waals surface area (Å²) in [5, 5.41) is 6.81. The number of carbonyl (C=O) groups excluding carboxylic acids is 1. The highest BCUT2D eigenvalue weighted by Crippen LogP contribution is 2.13. The number of carbonyl (C=O) groups is 1. The van der Waals surface area contributed by atoms with E-state index in [0.29, 0.717) is 6.54 Å². The minimum atomic E-state index is 0.704. The Labute approximate surface area is 64.2 Å². The molecule has 0 saturated heterocycles. The van der Waals surface area contributed by atoms with Gasteiger partial charge in [0.2, 0.25) is 6.41 Å². The second kappa shape index (κ2) is 2.38. The lowest BCUT2D eigenvalue weighted by molar-refractivity contribution is -0.118. The molecule has 58 valence electrons. The standard InChI is InChI=1S/C7H9N3O/c11-5-10-2-1-7-6(4-10)3-8-9-7/h3,5H,1-2,4H2,(H,8,9). The molecule has 0 bridgehead atoms. The molecule has 0 unspecified atom stereocenters. The highest BCUT2D eigenvalue weighted by molar-refractivity contribution is 5.48. The van der Waals surface area contributed by atoms with Crippen LogP contribution in [0.2, 0.25) is 0 Å². The number of fused-ring (bicyclic) bond motifs is 1. The second-order valence-electron chi connectivity index (χ2n) is 2.70. The minimum absolute atomic E-state index is 0.704. The van der Waals surface area contributed by atoms with Gasteiger partial charge in [0.15, 0.2) is 0 Å². The summed E-state index contributed by atoms with van der Waals surface area (Å²) in [6.07, 6.45) is 3.56. The second-order valence-corrected chi connectivity index (χ2v) is 2.70. The smallest absolute Gasteiger partial charge is 0.210 e. The topological polar surface area (TPSA) is 49.0 Å². The van der Waals surface area contributed by atoms with Gasteiger partial charge in [0.05, 0.1) is 6.20 Å². The molecule has 2 rings (SSSR count). The van der Waals surface area contributed by atoms with E-state index in [1.807, 2.05) is 0 Å². The summed E-state index contributed by atoms with van der Waals surface area (Å²) in [4.78, 5) is 12.1. The number of nitrogens with one attached hydrogen (secondary N) is 1. The van der Waals surface area contributed by atoms with Crippen molar-refractivity contribution in [3.8, 4) is 0 Å². The summed E-state index contributed by atoms with van der Waals surface area (Å²) in [5.41, 5.74) is 2.31. The molecule has 1 amide bonds. The fraction of sp³-hybridized carbons (Fsp3) is 0.429. The Hall–Kier alpha value is -1.32. The normalized spacial score (nSPS) is 16.2. The van der Waals surface area contributed by atoms with Gasteiger partial charge >= 0.3 is 0 Å². The Morgan fingerprint density at radius 3 is 3.45 bits per heavy atom. The molecule has 4 nitrogen and oxygen atoms in total. The molecule has 0 radical (unpaired) electrons. The first-order valence-corrected chi connectivity index (χ1v) is 3.60. The molecule has 1 aliphatic heterocycles. The van der Waals surface area contributed by atoms with Gasteiger partial charge in [0, 0.05) is 30.8 Å². The molecule has 0 fully saturated rings. The number of aromatic amines is 1. The van der Waals surface area contributed by atoms with Crippen molar-refractivity contribution >= 4 is 6.41 Å². The lowest BCUT2D eigenvalue weighted by atomic mass is 10.1. The van der Waals surface area contributed by atoms with Crippen molar-refractivity contribution < 1.29 is 4.79 Å². The number of hydrogen-bond acceptors (Lipinski definition) is 2. The molecule has 0 atom stereocenters. The lowest BCUT2D eigenvalue weighted by Gasteiger charge is -2.21. The molecule has 0 aliphatic carbocycles. The first-order valence-electron chi connectivity index (χ1n) is 3.60. The summed E-state index contributed by atoms with van der Waals surface area (Å²) in [6.45, 7) is 1.51. The maximum absolute atomic E-state index is 10.4. The van der Waals surface area contributed by atoms with Gasteiger partial charge in [-0.25, -0.2) is 0 Å². The van der Waals surface area contributed by atoms with E-state index < -0.39 is 0 Å². The fourth-order valence-electron chi connectivity index (χ4n) is 1.33. The monoisotopic (exact) mass is 151 g/mol. The first kappa shape index (κ1) is 6.39.